The smallest absolute Gasteiger partial charge is 0.329 e. The topological polar surface area (TPSA) is 211 Å². The molecule has 0 aromatic rings. The van der Waals surface area contributed by atoms with Crippen molar-refractivity contribution in [1.82, 2.24) is 4.90 Å². The number of allylic oxidation sites excluding steroid dienone is 6. The van der Waals surface area contributed by atoms with Crippen LogP contribution in [0.15, 0.2) is 47.6 Å². The summed E-state index contributed by atoms with van der Waals surface area (Å²) in [6, 6.07) is -1.16. The normalized spacial score (nSPS) is 40.6. The van der Waals surface area contributed by atoms with Crippen LogP contribution < -0.4 is 0 Å². The van der Waals surface area contributed by atoms with Crippen LogP contribution in [0, 0.1) is 41.4 Å². The molecule has 4 aliphatic heterocycles. The van der Waals surface area contributed by atoms with Gasteiger partial charge in [-0.15, -0.1) is 0 Å². The van der Waals surface area contributed by atoms with Crippen LogP contribution in [0.3, 0.4) is 0 Å². The number of esters is 1. The number of rotatable bonds is 11. The molecular formula is C55H86NO15P. The van der Waals surface area contributed by atoms with E-state index in [1.54, 1.807) is 41.1 Å². The molecule has 0 aromatic carbocycles. The van der Waals surface area contributed by atoms with Gasteiger partial charge in [0.15, 0.2) is 5.78 Å². The van der Waals surface area contributed by atoms with E-state index < -0.39 is 109 Å². The highest BCUT2D eigenvalue weighted by Gasteiger charge is 2.57. The number of ketones is 3. The highest BCUT2D eigenvalue weighted by Crippen LogP contribution is 2.50. The van der Waals surface area contributed by atoms with Crippen molar-refractivity contribution in [2.24, 2.45) is 41.4 Å². The number of carbonyl (C=O) groups is 5. The maximum Gasteiger partial charge on any atom is 0.329 e. The van der Waals surface area contributed by atoms with Crippen LogP contribution in [0.4, 0.5) is 0 Å². The quantitative estimate of drug-likeness (QED) is 0.0659. The summed E-state index contributed by atoms with van der Waals surface area (Å²) in [5.41, 5.74) is 1.26. The van der Waals surface area contributed by atoms with E-state index in [1.165, 1.54) is 18.7 Å². The van der Waals surface area contributed by atoms with E-state index in [0.29, 0.717) is 76.4 Å². The molecular weight excluding hydrogens is 946 g/mol. The highest BCUT2D eigenvalue weighted by atomic mass is 31.2. The Bertz CT molecular complexity index is 2050. The fourth-order valence-corrected chi connectivity index (χ4v) is 12.9. The molecule has 16 nitrogen and oxygen atoms in total. The van der Waals surface area contributed by atoms with Gasteiger partial charge in [-0.2, -0.15) is 0 Å². The van der Waals surface area contributed by atoms with Gasteiger partial charge in [0.2, 0.25) is 5.79 Å². The van der Waals surface area contributed by atoms with Crippen molar-refractivity contribution < 1.29 is 71.5 Å². The Kier molecular flexibility index (Phi) is 22.4. The number of carbonyl (C=O) groups excluding carboxylic acids is 5. The van der Waals surface area contributed by atoms with Crippen molar-refractivity contribution in [3.8, 4) is 0 Å². The molecule has 0 aromatic heterocycles. The van der Waals surface area contributed by atoms with Gasteiger partial charge in [0.05, 0.1) is 31.0 Å². The molecule has 5 aliphatic rings. The number of ether oxygens (including phenoxy) is 5. The zero-order chi connectivity index (χ0) is 53.1. The predicted octanol–water partition coefficient (Wildman–Crippen LogP) is 8.06. The number of nitrogens with zero attached hydrogens (tertiary/aromatic N) is 1. The largest absolute Gasteiger partial charge is 0.460 e. The second kappa shape index (κ2) is 27.0. The Morgan fingerprint density at radius 2 is 1.61 bits per heavy atom. The lowest BCUT2D eigenvalue weighted by molar-refractivity contribution is -0.266. The molecule has 1 amide bonds. The van der Waals surface area contributed by atoms with Crippen LogP contribution in [0.5, 0.6) is 0 Å². The third kappa shape index (κ3) is 15.0. The summed E-state index contributed by atoms with van der Waals surface area (Å²) in [6.45, 7) is 14.6. The number of piperidine rings is 1. The van der Waals surface area contributed by atoms with E-state index in [9.17, 15) is 38.8 Å². The second-order valence-corrected chi connectivity index (χ2v) is 23.6. The van der Waals surface area contributed by atoms with Gasteiger partial charge in [-0.05, 0) is 107 Å². The number of aliphatic hydroxyl groups is 2. The number of hydrogen-bond acceptors (Lipinski definition) is 15. The molecule has 17 atom stereocenters. The van der Waals surface area contributed by atoms with Crippen molar-refractivity contribution in [3.63, 3.8) is 0 Å². The molecule has 4 bridgehead atoms. The van der Waals surface area contributed by atoms with E-state index in [-0.39, 0.29) is 36.4 Å². The summed E-state index contributed by atoms with van der Waals surface area (Å²) >= 11 is 0. The van der Waals surface area contributed by atoms with Gasteiger partial charge < -0.3 is 47.8 Å². The zero-order valence-corrected chi connectivity index (χ0v) is 45.7. The molecule has 72 heavy (non-hydrogen) atoms. The summed E-state index contributed by atoms with van der Waals surface area (Å²) in [5, 5.41) is 23.6. The van der Waals surface area contributed by atoms with E-state index in [2.05, 4.69) is 0 Å². The molecule has 4 fully saturated rings. The SMILES string of the molecule is CCCCOP(C)(=O)O[C@@H]1CCC(CC2[C@H]3CCCN4C(=O)C(=O)C5(O)O[C@@H](CCC5C)C[C@H](OC)/C(C)=C/C=C/C=C/[C@@H](C)CC(C)C(=O)[C@H](OC)C(O)/C(C)=C/C(C)C(=O)C[C@@H]2OC(=O)C34)CC1OC. The molecule has 10 unspecified atom stereocenters. The summed E-state index contributed by atoms with van der Waals surface area (Å²) in [5.74, 6) is -8.79. The molecule has 3 saturated heterocycles. The Labute approximate surface area is 428 Å². The Morgan fingerprint density at radius 1 is 0.875 bits per heavy atom. The number of hydrogen-bond donors (Lipinski definition) is 2. The Balaban J connectivity index is 1.50. The molecule has 5 rings (SSSR count). The average molecular weight is 1030 g/mol. The van der Waals surface area contributed by atoms with Crippen LogP contribution in [-0.4, -0.2) is 140 Å². The van der Waals surface area contributed by atoms with Gasteiger partial charge in [-0.1, -0.05) is 77.5 Å². The van der Waals surface area contributed by atoms with E-state index >= 15 is 0 Å². The minimum atomic E-state index is -3.38. The van der Waals surface area contributed by atoms with Crippen LogP contribution in [-0.2, 0) is 61.3 Å². The molecule has 0 radical (unpaired) electrons. The van der Waals surface area contributed by atoms with E-state index in [1.807, 2.05) is 58.1 Å². The average Bonchev–Trinajstić information content (AvgIpc) is 3.34. The van der Waals surface area contributed by atoms with Crippen molar-refractivity contribution in [1.29, 1.82) is 0 Å². The monoisotopic (exact) mass is 1030 g/mol. The summed E-state index contributed by atoms with van der Waals surface area (Å²) in [7, 11) is 1.16. The van der Waals surface area contributed by atoms with Crippen LogP contribution >= 0.6 is 7.60 Å². The minimum absolute atomic E-state index is 0.0101. The van der Waals surface area contributed by atoms with Gasteiger partial charge in [0.1, 0.15) is 30.1 Å². The highest BCUT2D eigenvalue weighted by molar-refractivity contribution is 7.53. The number of Topliss-reactive ketones (excluding diaryl/α,β-unsaturated/α-hetero) is 3. The van der Waals surface area contributed by atoms with Gasteiger partial charge >= 0.3 is 13.6 Å². The molecule has 0 spiro atoms. The van der Waals surface area contributed by atoms with Gasteiger partial charge in [-0.25, -0.2) is 4.79 Å². The lowest BCUT2D eigenvalue weighted by atomic mass is 9.68. The first-order valence-electron chi connectivity index (χ1n) is 26.5. The third-order valence-corrected chi connectivity index (χ3v) is 17.3. The van der Waals surface area contributed by atoms with Crippen molar-refractivity contribution in [2.45, 2.75) is 186 Å². The van der Waals surface area contributed by atoms with Crippen molar-refractivity contribution in [2.75, 3.05) is 41.1 Å². The summed E-state index contributed by atoms with van der Waals surface area (Å²) in [6.07, 6.45) is 12.1. The number of amides is 1. The first-order valence-corrected chi connectivity index (χ1v) is 28.5. The van der Waals surface area contributed by atoms with Crippen LogP contribution in [0.25, 0.3) is 0 Å². The number of aliphatic hydroxyl groups excluding tert-OH is 1. The summed E-state index contributed by atoms with van der Waals surface area (Å²) in [4.78, 5) is 72.9. The van der Waals surface area contributed by atoms with Crippen molar-refractivity contribution in [3.05, 3.63) is 47.6 Å². The van der Waals surface area contributed by atoms with E-state index in [4.69, 9.17) is 32.7 Å². The first-order chi connectivity index (χ1) is 34.1. The second-order valence-electron chi connectivity index (χ2n) is 21.6. The van der Waals surface area contributed by atoms with Gasteiger partial charge in [0, 0.05) is 71.1 Å². The zero-order valence-electron chi connectivity index (χ0n) is 44.8. The number of fused-ring (bicyclic) bond motifs is 4. The fraction of sp³-hybridized carbons (Fsp3) is 0.764. The fourth-order valence-electron chi connectivity index (χ4n) is 11.7. The van der Waals surface area contributed by atoms with Crippen LogP contribution in [0.1, 0.15) is 132 Å². The molecule has 17 heteroatoms. The van der Waals surface area contributed by atoms with E-state index in [0.717, 1.165) is 18.4 Å². The Hall–Kier alpha value is -3.18. The first kappa shape index (κ1) is 59.7. The standard InChI is InChI=1S/C55H86NO15P/c1-12-13-26-68-72(11,64)71-44-24-22-39(30-47(44)66-9)29-42-41-20-17-25-56-48(41)54(62)69-46(42)32-43(57)35(4)28-37(6)50(59)51(67-10)49(58)36(5)27-33(2)18-15-14-16-19-34(3)45(65-8)31-40-23-21-38(7)55(63,70-40)52(60)53(56)61/h14-16,18-19,28,33,35-36,38-42,44-48,50-51,59,63H,12-13,17,20-27,29-32H2,1-11H3/b16-14+,18-15+,34-19+,37-28+/t33-,35?,36?,38?,39?,40+,41-,42?,44-,45+,46+,47?,48?,50?,51+,55?,72?/m1/s1. The van der Waals surface area contributed by atoms with Gasteiger partial charge in [0.25, 0.3) is 11.7 Å². The molecule has 2 N–H and O–H groups in total. The van der Waals surface area contributed by atoms with Crippen molar-refractivity contribution >= 4 is 36.8 Å². The maximum absolute atomic E-state index is 14.6. The molecule has 406 valence electrons. The minimum Gasteiger partial charge on any atom is -0.460 e. The summed E-state index contributed by atoms with van der Waals surface area (Å²) < 4.78 is 55.0. The van der Waals surface area contributed by atoms with Crippen LogP contribution in [0.2, 0.25) is 0 Å². The molecule has 1 aliphatic carbocycles. The molecule has 4 heterocycles. The lowest BCUT2D eigenvalue weighted by Gasteiger charge is -2.50. The number of unbranched alkanes of at least 4 members (excludes halogenated alkanes) is 1. The Morgan fingerprint density at radius 3 is 2.29 bits per heavy atom. The maximum atomic E-state index is 14.6. The number of methoxy groups -OCH3 is 3. The predicted molar refractivity (Wildman–Crippen MR) is 272 cm³/mol. The third-order valence-electron chi connectivity index (χ3n) is 16.0. The van der Waals surface area contributed by atoms with Gasteiger partial charge in [-0.3, -0.25) is 23.7 Å². The lowest BCUT2D eigenvalue weighted by Crippen LogP contribution is -2.65. The molecule has 1 saturated carbocycles.